The Bertz CT molecular complexity index is 512. The fourth-order valence-corrected chi connectivity index (χ4v) is 1.93. The van der Waals surface area contributed by atoms with Gasteiger partial charge in [-0.2, -0.15) is 5.10 Å². The van der Waals surface area contributed by atoms with Crippen molar-refractivity contribution in [3.8, 4) is 11.1 Å². The molecule has 0 amide bonds. The average Bonchev–Trinajstić information content (AvgIpc) is 2.69. The molecule has 90 valence electrons. The molecule has 1 aromatic heterocycles. The van der Waals surface area contributed by atoms with Gasteiger partial charge in [-0.25, -0.2) is 0 Å². The number of hydrogen-bond donors (Lipinski definition) is 1. The van der Waals surface area contributed by atoms with E-state index in [2.05, 4.69) is 32.1 Å². The molecule has 2 N–H and O–H groups in total. The zero-order valence-corrected chi connectivity index (χ0v) is 10.6. The first-order valence-electron chi connectivity index (χ1n) is 5.95. The highest BCUT2D eigenvalue weighted by Crippen LogP contribution is 2.25. The Labute approximate surface area is 102 Å². The molecule has 2 rings (SSSR count). The van der Waals surface area contributed by atoms with Crippen LogP contribution in [0, 0.1) is 12.8 Å². The fraction of sp³-hybridized carbons (Fsp3) is 0.357. The summed E-state index contributed by atoms with van der Waals surface area (Å²) in [5.41, 5.74) is 10.1. The van der Waals surface area contributed by atoms with Gasteiger partial charge in [-0.3, -0.25) is 4.68 Å². The maximum absolute atomic E-state index is 5.83. The zero-order chi connectivity index (χ0) is 12.4. The fourth-order valence-electron chi connectivity index (χ4n) is 1.93. The van der Waals surface area contributed by atoms with E-state index in [9.17, 15) is 0 Å². The first kappa shape index (κ1) is 11.7. The maximum atomic E-state index is 5.83. The van der Waals surface area contributed by atoms with E-state index in [0.29, 0.717) is 5.92 Å². The lowest BCUT2D eigenvalue weighted by Crippen LogP contribution is -2.04. The van der Waals surface area contributed by atoms with Crippen LogP contribution in [0.1, 0.15) is 19.4 Å². The zero-order valence-electron chi connectivity index (χ0n) is 10.6. The lowest BCUT2D eigenvalue weighted by atomic mass is 10.0. The van der Waals surface area contributed by atoms with Gasteiger partial charge in [0.25, 0.3) is 0 Å². The van der Waals surface area contributed by atoms with Gasteiger partial charge in [0.05, 0.1) is 6.20 Å². The molecule has 17 heavy (non-hydrogen) atoms. The molecular formula is C14H19N3. The third-order valence-corrected chi connectivity index (χ3v) is 2.76. The van der Waals surface area contributed by atoms with Crippen LogP contribution in [-0.2, 0) is 6.54 Å². The minimum Gasteiger partial charge on any atom is -0.399 e. The van der Waals surface area contributed by atoms with Gasteiger partial charge in [0, 0.05) is 24.0 Å². The highest BCUT2D eigenvalue weighted by atomic mass is 15.3. The number of nitrogens with zero attached hydrogens (tertiary/aromatic N) is 2. The highest BCUT2D eigenvalue weighted by Gasteiger charge is 2.06. The van der Waals surface area contributed by atoms with E-state index in [4.69, 9.17) is 5.73 Å². The number of nitrogens with two attached hydrogens (primary N) is 1. The predicted molar refractivity (Wildman–Crippen MR) is 71.7 cm³/mol. The molecule has 3 heteroatoms. The molecule has 0 unspecified atom stereocenters. The largest absolute Gasteiger partial charge is 0.399 e. The van der Waals surface area contributed by atoms with Gasteiger partial charge in [-0.05, 0) is 36.1 Å². The third-order valence-electron chi connectivity index (χ3n) is 2.76. The summed E-state index contributed by atoms with van der Waals surface area (Å²) in [7, 11) is 0. The molecule has 3 nitrogen and oxygen atoms in total. The van der Waals surface area contributed by atoms with Crippen LogP contribution in [0.25, 0.3) is 11.1 Å². The van der Waals surface area contributed by atoms with Crippen molar-refractivity contribution < 1.29 is 0 Å². The molecule has 0 aliphatic carbocycles. The minimum atomic E-state index is 0.602. The van der Waals surface area contributed by atoms with E-state index in [0.717, 1.165) is 17.8 Å². The molecular weight excluding hydrogens is 210 g/mol. The SMILES string of the molecule is Cc1ccc(N)cc1-c1cnn(CC(C)C)c1. The van der Waals surface area contributed by atoms with Crippen LogP contribution < -0.4 is 5.73 Å². The van der Waals surface area contributed by atoms with Crippen LogP contribution in [0.2, 0.25) is 0 Å². The quantitative estimate of drug-likeness (QED) is 0.822. The third kappa shape index (κ3) is 2.67. The first-order chi connectivity index (χ1) is 8.06. The summed E-state index contributed by atoms with van der Waals surface area (Å²) >= 11 is 0. The number of rotatable bonds is 3. The van der Waals surface area contributed by atoms with Crippen molar-refractivity contribution in [1.82, 2.24) is 9.78 Å². The monoisotopic (exact) mass is 229 g/mol. The topological polar surface area (TPSA) is 43.8 Å². The molecule has 0 saturated heterocycles. The van der Waals surface area contributed by atoms with E-state index in [1.807, 2.05) is 29.1 Å². The summed E-state index contributed by atoms with van der Waals surface area (Å²) in [4.78, 5) is 0. The maximum Gasteiger partial charge on any atom is 0.0568 e. The Balaban J connectivity index is 2.33. The van der Waals surface area contributed by atoms with Gasteiger partial charge in [0.1, 0.15) is 0 Å². The number of anilines is 1. The summed E-state index contributed by atoms with van der Waals surface area (Å²) < 4.78 is 1.99. The lowest BCUT2D eigenvalue weighted by molar-refractivity contribution is 0.483. The summed E-state index contributed by atoms with van der Waals surface area (Å²) in [6.07, 6.45) is 3.99. The van der Waals surface area contributed by atoms with E-state index < -0.39 is 0 Å². The van der Waals surface area contributed by atoms with E-state index >= 15 is 0 Å². The summed E-state index contributed by atoms with van der Waals surface area (Å²) in [5.74, 6) is 0.602. The van der Waals surface area contributed by atoms with Gasteiger partial charge in [0.2, 0.25) is 0 Å². The predicted octanol–water partition coefficient (Wildman–Crippen LogP) is 3.10. The number of aromatic nitrogens is 2. The first-order valence-corrected chi connectivity index (χ1v) is 5.95. The molecule has 0 spiro atoms. The van der Waals surface area contributed by atoms with Gasteiger partial charge < -0.3 is 5.73 Å². The van der Waals surface area contributed by atoms with Crippen LogP contribution >= 0.6 is 0 Å². The lowest BCUT2D eigenvalue weighted by Gasteiger charge is -2.05. The molecule has 0 atom stereocenters. The molecule has 0 aliphatic rings. The van der Waals surface area contributed by atoms with Crippen LogP contribution in [0.4, 0.5) is 5.69 Å². The molecule has 0 radical (unpaired) electrons. The summed E-state index contributed by atoms with van der Waals surface area (Å²) in [5, 5.41) is 4.38. The molecule has 1 heterocycles. The highest BCUT2D eigenvalue weighted by molar-refractivity contribution is 5.69. The van der Waals surface area contributed by atoms with Crippen molar-refractivity contribution in [3.63, 3.8) is 0 Å². The van der Waals surface area contributed by atoms with Gasteiger partial charge in [-0.15, -0.1) is 0 Å². The average molecular weight is 229 g/mol. The van der Waals surface area contributed by atoms with Crippen molar-refractivity contribution in [2.45, 2.75) is 27.3 Å². The summed E-state index contributed by atoms with van der Waals surface area (Å²) in [6, 6.07) is 5.98. The van der Waals surface area contributed by atoms with Crippen LogP contribution in [-0.4, -0.2) is 9.78 Å². The second kappa shape index (κ2) is 4.62. The Morgan fingerprint density at radius 2 is 2.12 bits per heavy atom. The van der Waals surface area contributed by atoms with E-state index in [1.54, 1.807) is 0 Å². The Morgan fingerprint density at radius 1 is 1.35 bits per heavy atom. The van der Waals surface area contributed by atoms with Crippen molar-refractivity contribution in [2.24, 2.45) is 5.92 Å². The Morgan fingerprint density at radius 3 is 2.82 bits per heavy atom. The van der Waals surface area contributed by atoms with Crippen molar-refractivity contribution in [1.29, 1.82) is 0 Å². The van der Waals surface area contributed by atoms with Gasteiger partial charge in [0.15, 0.2) is 0 Å². The van der Waals surface area contributed by atoms with Gasteiger partial charge in [-0.1, -0.05) is 19.9 Å². The van der Waals surface area contributed by atoms with Crippen LogP contribution in [0.5, 0.6) is 0 Å². The van der Waals surface area contributed by atoms with E-state index in [1.165, 1.54) is 11.1 Å². The minimum absolute atomic E-state index is 0.602. The molecule has 0 aliphatic heterocycles. The Kier molecular flexibility index (Phi) is 3.18. The number of hydrogen-bond acceptors (Lipinski definition) is 2. The molecule has 0 fully saturated rings. The van der Waals surface area contributed by atoms with E-state index in [-0.39, 0.29) is 0 Å². The van der Waals surface area contributed by atoms with Crippen LogP contribution in [0.15, 0.2) is 30.6 Å². The van der Waals surface area contributed by atoms with Crippen molar-refractivity contribution in [3.05, 3.63) is 36.2 Å². The standard InChI is InChI=1S/C14H19N3/c1-10(2)8-17-9-12(7-16-17)14-6-13(15)5-4-11(14)3/h4-7,9-10H,8,15H2,1-3H3. The number of nitrogen functional groups attached to an aromatic ring is 1. The van der Waals surface area contributed by atoms with Crippen molar-refractivity contribution in [2.75, 3.05) is 5.73 Å². The Hall–Kier alpha value is -1.77. The van der Waals surface area contributed by atoms with Crippen molar-refractivity contribution >= 4 is 5.69 Å². The second-order valence-electron chi connectivity index (χ2n) is 4.92. The molecule has 2 aromatic rings. The summed E-state index contributed by atoms with van der Waals surface area (Å²) in [6.45, 7) is 7.41. The van der Waals surface area contributed by atoms with Gasteiger partial charge >= 0.3 is 0 Å². The molecule has 0 saturated carbocycles. The smallest absolute Gasteiger partial charge is 0.0568 e. The normalized spacial score (nSPS) is 11.1. The second-order valence-corrected chi connectivity index (χ2v) is 4.92. The number of aryl methyl sites for hydroxylation is 1. The number of benzene rings is 1. The van der Waals surface area contributed by atoms with Crippen LogP contribution in [0.3, 0.4) is 0 Å². The molecule has 0 bridgehead atoms. The molecule has 1 aromatic carbocycles.